The minimum Gasteiger partial charge on any atom is -0.381 e. The van der Waals surface area contributed by atoms with Crippen molar-refractivity contribution in [1.29, 1.82) is 0 Å². The summed E-state index contributed by atoms with van der Waals surface area (Å²) in [6, 6.07) is 0.629. The molecule has 5 heteroatoms. The Kier molecular flexibility index (Phi) is 8.17. The molecule has 2 heterocycles. The van der Waals surface area contributed by atoms with E-state index in [1.54, 1.807) is 0 Å². The summed E-state index contributed by atoms with van der Waals surface area (Å²) in [4.78, 5) is 10.00. The lowest BCUT2D eigenvalue weighted by Gasteiger charge is -2.34. The molecule has 0 amide bonds. The Hall–Kier alpha value is -0.810. The number of hydrogen-bond donors (Lipinski definition) is 1. The average molecular weight is 325 g/mol. The molecule has 0 aliphatic carbocycles. The fourth-order valence-electron chi connectivity index (χ4n) is 3.75. The average Bonchev–Trinajstić information content (AvgIpc) is 3.05. The summed E-state index contributed by atoms with van der Waals surface area (Å²) in [6.45, 7) is 14.6. The van der Waals surface area contributed by atoms with Gasteiger partial charge in [0.25, 0.3) is 0 Å². The van der Waals surface area contributed by atoms with Crippen LogP contribution in [0, 0.1) is 5.92 Å². The molecule has 2 aliphatic heterocycles. The van der Waals surface area contributed by atoms with E-state index in [4.69, 9.17) is 9.73 Å². The maximum absolute atomic E-state index is 5.60. The van der Waals surface area contributed by atoms with Gasteiger partial charge in [0.2, 0.25) is 0 Å². The molecule has 134 valence electrons. The highest BCUT2D eigenvalue weighted by atomic mass is 16.5. The van der Waals surface area contributed by atoms with Gasteiger partial charge in [0, 0.05) is 38.2 Å². The van der Waals surface area contributed by atoms with Gasteiger partial charge in [-0.15, -0.1) is 0 Å². The molecule has 5 nitrogen and oxygen atoms in total. The van der Waals surface area contributed by atoms with E-state index in [0.717, 1.165) is 51.9 Å². The molecule has 2 aliphatic rings. The predicted molar refractivity (Wildman–Crippen MR) is 97.0 cm³/mol. The SMILES string of the molecule is CCNC(=NCC1CCCCN1CC)N1CCC(COCC)C1. The molecule has 0 aromatic heterocycles. The molecule has 0 radical (unpaired) electrons. The Morgan fingerprint density at radius 1 is 1.17 bits per heavy atom. The fraction of sp³-hybridized carbons (Fsp3) is 0.944. The fourth-order valence-corrected chi connectivity index (χ4v) is 3.75. The standard InChI is InChI=1S/C18H36N4O/c1-4-19-18(22-12-10-16(14-22)15-23-6-3)20-13-17-9-7-8-11-21(17)5-2/h16-17H,4-15H2,1-3H3,(H,19,20). The summed E-state index contributed by atoms with van der Waals surface area (Å²) in [5, 5.41) is 3.49. The first-order chi connectivity index (χ1) is 11.3. The molecule has 2 fully saturated rings. The second kappa shape index (κ2) is 10.1. The Balaban J connectivity index is 1.89. The van der Waals surface area contributed by atoms with Crippen molar-refractivity contribution in [1.82, 2.24) is 15.1 Å². The van der Waals surface area contributed by atoms with E-state index >= 15 is 0 Å². The molecule has 2 unspecified atom stereocenters. The van der Waals surface area contributed by atoms with Gasteiger partial charge < -0.3 is 15.0 Å². The van der Waals surface area contributed by atoms with Gasteiger partial charge in [-0.2, -0.15) is 0 Å². The van der Waals surface area contributed by atoms with Crippen LogP contribution in [-0.2, 0) is 4.74 Å². The number of likely N-dealkylation sites (N-methyl/N-ethyl adjacent to an activating group) is 1. The normalized spacial score (nSPS) is 26.7. The molecule has 0 bridgehead atoms. The zero-order chi connectivity index (χ0) is 16.5. The maximum atomic E-state index is 5.60. The van der Waals surface area contributed by atoms with E-state index in [9.17, 15) is 0 Å². The molecule has 2 saturated heterocycles. The zero-order valence-electron chi connectivity index (χ0n) is 15.4. The van der Waals surface area contributed by atoms with Gasteiger partial charge >= 0.3 is 0 Å². The van der Waals surface area contributed by atoms with Crippen molar-refractivity contribution in [3.63, 3.8) is 0 Å². The first kappa shape index (κ1) is 18.5. The molecular formula is C18H36N4O. The van der Waals surface area contributed by atoms with Gasteiger partial charge in [-0.25, -0.2) is 0 Å². The molecule has 0 saturated carbocycles. The molecule has 23 heavy (non-hydrogen) atoms. The number of ether oxygens (including phenoxy) is 1. The Morgan fingerprint density at radius 3 is 2.78 bits per heavy atom. The minimum atomic E-state index is 0.629. The van der Waals surface area contributed by atoms with Crippen molar-refractivity contribution in [2.45, 2.75) is 52.5 Å². The van der Waals surface area contributed by atoms with Crippen LogP contribution in [0.3, 0.4) is 0 Å². The van der Waals surface area contributed by atoms with Crippen LogP contribution in [0.25, 0.3) is 0 Å². The second-order valence-electron chi connectivity index (χ2n) is 6.73. The van der Waals surface area contributed by atoms with Crippen molar-refractivity contribution in [2.24, 2.45) is 10.9 Å². The highest BCUT2D eigenvalue weighted by Crippen LogP contribution is 2.19. The van der Waals surface area contributed by atoms with E-state index in [2.05, 4.69) is 35.9 Å². The largest absolute Gasteiger partial charge is 0.381 e. The van der Waals surface area contributed by atoms with Crippen LogP contribution in [0.1, 0.15) is 46.5 Å². The quantitative estimate of drug-likeness (QED) is 0.576. The number of guanidine groups is 1. The van der Waals surface area contributed by atoms with Crippen molar-refractivity contribution in [3.8, 4) is 0 Å². The van der Waals surface area contributed by atoms with E-state index in [1.807, 2.05) is 0 Å². The Bertz CT molecular complexity index is 361. The van der Waals surface area contributed by atoms with Crippen LogP contribution >= 0.6 is 0 Å². The lowest BCUT2D eigenvalue weighted by Crippen LogP contribution is -2.44. The Morgan fingerprint density at radius 2 is 2.04 bits per heavy atom. The first-order valence-corrected chi connectivity index (χ1v) is 9.63. The lowest BCUT2D eigenvalue weighted by molar-refractivity contribution is 0.114. The summed E-state index contributed by atoms with van der Waals surface area (Å²) >= 11 is 0. The molecule has 2 atom stereocenters. The molecule has 0 spiro atoms. The third kappa shape index (κ3) is 5.64. The monoisotopic (exact) mass is 324 g/mol. The van der Waals surface area contributed by atoms with Crippen molar-refractivity contribution >= 4 is 5.96 Å². The van der Waals surface area contributed by atoms with Gasteiger partial charge in [-0.1, -0.05) is 13.3 Å². The summed E-state index contributed by atoms with van der Waals surface area (Å²) < 4.78 is 5.60. The van der Waals surface area contributed by atoms with Gasteiger partial charge in [-0.05, 0) is 46.2 Å². The smallest absolute Gasteiger partial charge is 0.193 e. The van der Waals surface area contributed by atoms with Crippen LogP contribution in [0.4, 0.5) is 0 Å². The van der Waals surface area contributed by atoms with Gasteiger partial charge in [-0.3, -0.25) is 9.89 Å². The second-order valence-corrected chi connectivity index (χ2v) is 6.73. The van der Waals surface area contributed by atoms with Crippen LogP contribution in [0.2, 0.25) is 0 Å². The predicted octanol–water partition coefficient (Wildman–Crippen LogP) is 2.18. The lowest BCUT2D eigenvalue weighted by atomic mass is 10.0. The topological polar surface area (TPSA) is 40.1 Å². The van der Waals surface area contributed by atoms with E-state index < -0.39 is 0 Å². The number of nitrogens with zero attached hydrogens (tertiary/aromatic N) is 3. The Labute approximate surface area is 142 Å². The summed E-state index contributed by atoms with van der Waals surface area (Å²) in [7, 11) is 0. The summed E-state index contributed by atoms with van der Waals surface area (Å²) in [6.07, 6.45) is 5.21. The number of piperidine rings is 1. The van der Waals surface area contributed by atoms with Crippen molar-refractivity contribution in [3.05, 3.63) is 0 Å². The van der Waals surface area contributed by atoms with Crippen LogP contribution in [-0.4, -0.2) is 74.3 Å². The molecule has 2 rings (SSSR count). The molecular weight excluding hydrogens is 288 g/mol. The minimum absolute atomic E-state index is 0.629. The zero-order valence-corrected chi connectivity index (χ0v) is 15.4. The van der Waals surface area contributed by atoms with Gasteiger partial charge in [0.05, 0.1) is 13.2 Å². The number of rotatable bonds is 7. The summed E-state index contributed by atoms with van der Waals surface area (Å²) in [5.41, 5.74) is 0. The summed E-state index contributed by atoms with van der Waals surface area (Å²) in [5.74, 6) is 1.76. The highest BCUT2D eigenvalue weighted by molar-refractivity contribution is 5.80. The third-order valence-electron chi connectivity index (χ3n) is 5.09. The van der Waals surface area contributed by atoms with Gasteiger partial charge in [0.1, 0.15) is 0 Å². The van der Waals surface area contributed by atoms with Crippen LogP contribution in [0.5, 0.6) is 0 Å². The molecule has 1 N–H and O–H groups in total. The molecule has 0 aromatic rings. The van der Waals surface area contributed by atoms with Crippen molar-refractivity contribution in [2.75, 3.05) is 52.5 Å². The number of likely N-dealkylation sites (tertiary alicyclic amines) is 2. The van der Waals surface area contributed by atoms with Gasteiger partial charge in [0.15, 0.2) is 5.96 Å². The third-order valence-corrected chi connectivity index (χ3v) is 5.09. The van der Waals surface area contributed by atoms with Crippen LogP contribution in [0.15, 0.2) is 4.99 Å². The molecule has 0 aromatic carbocycles. The van der Waals surface area contributed by atoms with E-state index in [-0.39, 0.29) is 0 Å². The van der Waals surface area contributed by atoms with Crippen LogP contribution < -0.4 is 5.32 Å². The number of hydrogen-bond acceptors (Lipinski definition) is 3. The highest BCUT2D eigenvalue weighted by Gasteiger charge is 2.26. The van der Waals surface area contributed by atoms with E-state index in [0.29, 0.717) is 12.0 Å². The van der Waals surface area contributed by atoms with Crippen molar-refractivity contribution < 1.29 is 4.74 Å². The first-order valence-electron chi connectivity index (χ1n) is 9.63. The van der Waals surface area contributed by atoms with E-state index in [1.165, 1.54) is 32.2 Å². The number of aliphatic imine (C=N–C) groups is 1. The number of nitrogens with one attached hydrogen (secondary N) is 1. The maximum Gasteiger partial charge on any atom is 0.193 e.